The van der Waals surface area contributed by atoms with Crippen LogP contribution in [0.4, 0.5) is 0 Å². The third kappa shape index (κ3) is 9.97. The van der Waals surface area contributed by atoms with Gasteiger partial charge in [-0.25, -0.2) is 0 Å². The van der Waals surface area contributed by atoms with Crippen molar-refractivity contribution in [3.05, 3.63) is 0 Å². The molecule has 0 fully saturated rings. The molecule has 3 heteroatoms. The Bertz CT molecular complexity index is 171. The van der Waals surface area contributed by atoms with Gasteiger partial charge in [0.2, 0.25) is 0 Å². The summed E-state index contributed by atoms with van der Waals surface area (Å²) in [6.07, 6.45) is 8.17. The molecule has 0 amide bonds. The van der Waals surface area contributed by atoms with Crippen LogP contribution in [-0.4, -0.2) is 18.6 Å². The number of unbranched alkanes of at least 4 members (excludes halogenated alkanes) is 4. The van der Waals surface area contributed by atoms with Gasteiger partial charge in [-0.2, -0.15) is 0 Å². The molecular weight excluding hydrogens is 202 g/mol. The van der Waals surface area contributed by atoms with Gasteiger partial charge in [0.05, 0.1) is 13.0 Å². The smallest absolute Gasteiger partial charge is 0.307 e. The lowest BCUT2D eigenvalue weighted by Gasteiger charge is -2.09. The van der Waals surface area contributed by atoms with Crippen LogP contribution in [0.3, 0.4) is 0 Å². The molecule has 1 unspecified atom stereocenters. The van der Waals surface area contributed by atoms with E-state index in [1.807, 2.05) is 0 Å². The maximum atomic E-state index is 11.3. The van der Waals surface area contributed by atoms with Gasteiger partial charge in [0.25, 0.3) is 0 Å². The lowest BCUT2D eigenvalue weighted by Crippen LogP contribution is -2.24. The molecule has 0 aromatic carbocycles. The molecule has 96 valence electrons. The summed E-state index contributed by atoms with van der Waals surface area (Å²) in [6.45, 7) is 4.81. The molecule has 0 bridgehead atoms. The topological polar surface area (TPSA) is 52.3 Å². The lowest BCUT2D eigenvalue weighted by molar-refractivity contribution is -0.144. The number of carbonyl (C=O) groups excluding carboxylic acids is 1. The fourth-order valence-corrected chi connectivity index (χ4v) is 1.64. The number of ether oxygens (including phenoxy) is 1. The molecule has 0 radical (unpaired) electrons. The van der Waals surface area contributed by atoms with E-state index >= 15 is 0 Å². The summed E-state index contributed by atoms with van der Waals surface area (Å²) >= 11 is 0. The Balaban J connectivity index is 3.30. The Labute approximate surface area is 99.7 Å². The summed E-state index contributed by atoms with van der Waals surface area (Å²) < 4.78 is 5.12. The van der Waals surface area contributed by atoms with Crippen molar-refractivity contribution in [3.63, 3.8) is 0 Å². The fraction of sp³-hybridized carbons (Fsp3) is 0.923. The Hall–Kier alpha value is -0.570. The van der Waals surface area contributed by atoms with Gasteiger partial charge in [-0.05, 0) is 12.8 Å². The molecule has 0 aromatic rings. The normalized spacial score (nSPS) is 12.4. The summed E-state index contributed by atoms with van der Waals surface area (Å²) in [5.74, 6) is -0.142. The Morgan fingerprint density at radius 3 is 2.44 bits per heavy atom. The van der Waals surface area contributed by atoms with Crippen molar-refractivity contribution < 1.29 is 9.53 Å². The number of esters is 1. The highest BCUT2D eigenvalue weighted by molar-refractivity contribution is 5.70. The van der Waals surface area contributed by atoms with Crippen LogP contribution in [0.5, 0.6) is 0 Å². The Morgan fingerprint density at radius 2 is 1.81 bits per heavy atom. The van der Waals surface area contributed by atoms with Gasteiger partial charge in [0, 0.05) is 6.04 Å². The Kier molecular flexibility index (Phi) is 10.5. The van der Waals surface area contributed by atoms with Gasteiger partial charge in [-0.1, -0.05) is 46.0 Å². The molecule has 0 heterocycles. The predicted octanol–water partition coefficient (Wildman–Crippen LogP) is 3.02. The molecule has 16 heavy (non-hydrogen) atoms. The minimum Gasteiger partial charge on any atom is -0.466 e. The van der Waals surface area contributed by atoms with E-state index in [1.165, 1.54) is 19.3 Å². The van der Waals surface area contributed by atoms with Crippen molar-refractivity contribution in [3.8, 4) is 0 Å². The van der Waals surface area contributed by atoms with E-state index in [-0.39, 0.29) is 12.0 Å². The molecule has 0 saturated carbocycles. The van der Waals surface area contributed by atoms with Crippen LogP contribution in [0, 0.1) is 0 Å². The van der Waals surface area contributed by atoms with Crippen molar-refractivity contribution in [2.45, 2.75) is 71.3 Å². The average Bonchev–Trinajstić information content (AvgIpc) is 2.23. The van der Waals surface area contributed by atoms with Crippen LogP contribution in [0.2, 0.25) is 0 Å². The largest absolute Gasteiger partial charge is 0.466 e. The second-order valence-electron chi connectivity index (χ2n) is 4.39. The quantitative estimate of drug-likeness (QED) is 0.463. The van der Waals surface area contributed by atoms with E-state index in [1.54, 1.807) is 0 Å². The monoisotopic (exact) mass is 229 g/mol. The fourth-order valence-electron chi connectivity index (χ4n) is 1.64. The van der Waals surface area contributed by atoms with E-state index in [0.29, 0.717) is 13.0 Å². The lowest BCUT2D eigenvalue weighted by atomic mass is 10.1. The zero-order valence-electron chi connectivity index (χ0n) is 10.8. The summed E-state index contributed by atoms with van der Waals surface area (Å²) in [4.78, 5) is 11.3. The SMILES string of the molecule is CCCCCCCOC(=O)CC(N)CCC. The summed E-state index contributed by atoms with van der Waals surface area (Å²) in [6, 6.07) is -0.0300. The molecule has 3 nitrogen and oxygen atoms in total. The standard InChI is InChI=1S/C13H27NO2/c1-3-5-6-7-8-10-16-13(15)11-12(14)9-4-2/h12H,3-11,14H2,1-2H3. The van der Waals surface area contributed by atoms with Crippen LogP contribution >= 0.6 is 0 Å². The van der Waals surface area contributed by atoms with E-state index in [2.05, 4.69) is 13.8 Å². The van der Waals surface area contributed by atoms with Crippen LogP contribution in [0.15, 0.2) is 0 Å². The first-order valence-corrected chi connectivity index (χ1v) is 6.61. The predicted molar refractivity (Wildman–Crippen MR) is 67.2 cm³/mol. The van der Waals surface area contributed by atoms with Crippen LogP contribution in [0.1, 0.15) is 65.2 Å². The highest BCUT2D eigenvalue weighted by Crippen LogP contribution is 2.04. The van der Waals surface area contributed by atoms with Crippen LogP contribution in [0.25, 0.3) is 0 Å². The zero-order chi connectivity index (χ0) is 12.2. The molecule has 0 rings (SSSR count). The number of hydrogen-bond donors (Lipinski definition) is 1. The van der Waals surface area contributed by atoms with Gasteiger partial charge in [-0.3, -0.25) is 4.79 Å². The first-order valence-electron chi connectivity index (χ1n) is 6.61. The van der Waals surface area contributed by atoms with Crippen LogP contribution in [-0.2, 0) is 9.53 Å². The summed E-state index contributed by atoms with van der Waals surface area (Å²) in [5.41, 5.74) is 5.75. The second-order valence-corrected chi connectivity index (χ2v) is 4.39. The molecule has 0 spiro atoms. The molecule has 0 saturated heterocycles. The first kappa shape index (κ1) is 15.4. The van der Waals surface area contributed by atoms with E-state index in [0.717, 1.165) is 25.7 Å². The summed E-state index contributed by atoms with van der Waals surface area (Å²) in [7, 11) is 0. The van der Waals surface area contributed by atoms with Crippen molar-refractivity contribution >= 4 is 5.97 Å². The molecule has 0 aromatic heterocycles. The molecule has 0 aliphatic rings. The van der Waals surface area contributed by atoms with Gasteiger partial charge in [0.15, 0.2) is 0 Å². The molecule has 0 aliphatic carbocycles. The number of carbonyl (C=O) groups is 1. The highest BCUT2D eigenvalue weighted by atomic mass is 16.5. The van der Waals surface area contributed by atoms with Gasteiger partial charge < -0.3 is 10.5 Å². The minimum atomic E-state index is -0.142. The number of hydrogen-bond acceptors (Lipinski definition) is 3. The molecule has 1 atom stereocenters. The number of rotatable bonds is 10. The molecule has 0 aliphatic heterocycles. The van der Waals surface area contributed by atoms with Crippen molar-refractivity contribution in [1.29, 1.82) is 0 Å². The average molecular weight is 229 g/mol. The maximum absolute atomic E-state index is 11.3. The third-order valence-corrected chi connectivity index (χ3v) is 2.60. The van der Waals surface area contributed by atoms with E-state index < -0.39 is 0 Å². The third-order valence-electron chi connectivity index (χ3n) is 2.60. The van der Waals surface area contributed by atoms with Gasteiger partial charge in [-0.15, -0.1) is 0 Å². The number of nitrogens with two attached hydrogens (primary N) is 1. The van der Waals surface area contributed by atoms with Gasteiger partial charge in [0.1, 0.15) is 0 Å². The first-order chi connectivity index (χ1) is 7.70. The maximum Gasteiger partial charge on any atom is 0.307 e. The molecular formula is C13H27NO2. The Morgan fingerprint density at radius 1 is 1.12 bits per heavy atom. The van der Waals surface area contributed by atoms with Crippen molar-refractivity contribution in [2.75, 3.05) is 6.61 Å². The molecule has 2 N–H and O–H groups in total. The van der Waals surface area contributed by atoms with E-state index in [9.17, 15) is 4.79 Å². The zero-order valence-corrected chi connectivity index (χ0v) is 10.8. The highest BCUT2D eigenvalue weighted by Gasteiger charge is 2.09. The van der Waals surface area contributed by atoms with Gasteiger partial charge >= 0.3 is 5.97 Å². The summed E-state index contributed by atoms with van der Waals surface area (Å²) in [5, 5.41) is 0. The van der Waals surface area contributed by atoms with Crippen molar-refractivity contribution in [1.82, 2.24) is 0 Å². The van der Waals surface area contributed by atoms with Crippen LogP contribution < -0.4 is 5.73 Å². The van der Waals surface area contributed by atoms with Crippen molar-refractivity contribution in [2.24, 2.45) is 5.73 Å². The second kappa shape index (κ2) is 10.9. The van der Waals surface area contributed by atoms with E-state index in [4.69, 9.17) is 10.5 Å². The minimum absolute atomic E-state index is 0.0300.